The van der Waals surface area contributed by atoms with Crippen LogP contribution in [-0.4, -0.2) is 40.1 Å². The Kier molecular flexibility index (Phi) is 5.87. The molecule has 0 aliphatic carbocycles. The molecule has 0 bridgehead atoms. The highest BCUT2D eigenvalue weighted by molar-refractivity contribution is 7.11. The summed E-state index contributed by atoms with van der Waals surface area (Å²) in [5.74, 6) is 0.344. The van der Waals surface area contributed by atoms with Crippen molar-refractivity contribution in [2.75, 3.05) is 43.4 Å². The first-order valence-corrected chi connectivity index (χ1v) is 10.8. The highest BCUT2D eigenvalue weighted by Crippen LogP contribution is 2.37. The van der Waals surface area contributed by atoms with Gasteiger partial charge in [0.1, 0.15) is 17.2 Å². The quantitative estimate of drug-likeness (QED) is 0.545. The summed E-state index contributed by atoms with van der Waals surface area (Å²) in [5.41, 5.74) is 2.53. The van der Waals surface area contributed by atoms with E-state index in [0.717, 1.165) is 5.69 Å². The summed E-state index contributed by atoms with van der Waals surface area (Å²) >= 11 is 1.41. The van der Waals surface area contributed by atoms with Crippen molar-refractivity contribution in [2.24, 2.45) is 0 Å². The van der Waals surface area contributed by atoms with Gasteiger partial charge in [-0.05, 0) is 29.6 Å². The summed E-state index contributed by atoms with van der Waals surface area (Å²) in [6.07, 6.45) is 0. The van der Waals surface area contributed by atoms with Gasteiger partial charge in [0.15, 0.2) is 0 Å². The van der Waals surface area contributed by atoms with Crippen LogP contribution in [0.5, 0.6) is 11.5 Å². The smallest absolute Gasteiger partial charge is 0.282 e. The molecule has 1 aliphatic heterocycles. The molecule has 0 saturated carbocycles. The number of benzene rings is 2. The van der Waals surface area contributed by atoms with Crippen LogP contribution in [0, 0.1) is 0 Å². The monoisotopic (exact) mass is 449 g/mol. The van der Waals surface area contributed by atoms with Crippen molar-refractivity contribution in [1.29, 1.82) is 0 Å². The Morgan fingerprint density at radius 3 is 2.22 bits per heavy atom. The summed E-state index contributed by atoms with van der Waals surface area (Å²) in [7, 11) is 6.92. The lowest BCUT2D eigenvalue weighted by Crippen LogP contribution is -2.32. The number of nitrogens with one attached hydrogen (secondary N) is 1. The second kappa shape index (κ2) is 8.76. The van der Waals surface area contributed by atoms with E-state index in [4.69, 9.17) is 9.47 Å². The van der Waals surface area contributed by atoms with Gasteiger partial charge in [-0.15, -0.1) is 11.3 Å². The highest BCUT2D eigenvalue weighted by Gasteiger charge is 2.40. The topological polar surface area (TPSA) is 71.1 Å². The summed E-state index contributed by atoms with van der Waals surface area (Å²) in [5, 5.41) is 5.03. The Morgan fingerprint density at radius 2 is 1.62 bits per heavy atom. The molecule has 1 aromatic heterocycles. The number of anilines is 3. The largest absolute Gasteiger partial charge is 0.497 e. The van der Waals surface area contributed by atoms with E-state index in [1.54, 1.807) is 38.5 Å². The number of amides is 2. The Morgan fingerprint density at radius 1 is 0.906 bits per heavy atom. The maximum atomic E-state index is 13.5. The van der Waals surface area contributed by atoms with Gasteiger partial charge in [0, 0.05) is 48.5 Å². The zero-order chi connectivity index (χ0) is 22.8. The number of methoxy groups -OCH3 is 2. The SMILES string of the molecule is COc1cc(NC2=C(c3cccs3)C(=O)N(c3cccc(N(C)C)c3)C2=O)cc(OC)c1. The van der Waals surface area contributed by atoms with E-state index in [1.165, 1.54) is 16.2 Å². The Hall–Kier alpha value is -3.78. The molecule has 164 valence electrons. The Labute approximate surface area is 190 Å². The third-order valence-corrected chi connectivity index (χ3v) is 5.96. The lowest BCUT2D eigenvalue weighted by Gasteiger charge is -2.19. The molecule has 2 amide bonds. The van der Waals surface area contributed by atoms with Crippen LogP contribution >= 0.6 is 11.3 Å². The number of ether oxygens (including phenoxy) is 2. The van der Waals surface area contributed by atoms with Crippen molar-refractivity contribution < 1.29 is 19.1 Å². The average molecular weight is 450 g/mol. The predicted octanol–water partition coefficient (Wildman–Crippen LogP) is 4.23. The van der Waals surface area contributed by atoms with Crippen LogP contribution in [0.1, 0.15) is 4.88 Å². The molecule has 8 heteroatoms. The normalized spacial score (nSPS) is 13.6. The molecule has 0 unspecified atom stereocenters. The van der Waals surface area contributed by atoms with Crippen molar-refractivity contribution in [3.63, 3.8) is 0 Å². The van der Waals surface area contributed by atoms with Gasteiger partial charge < -0.3 is 19.7 Å². The number of thiophene rings is 1. The molecular weight excluding hydrogens is 426 g/mol. The number of hydrogen-bond donors (Lipinski definition) is 1. The first-order valence-electron chi connectivity index (χ1n) is 9.87. The molecule has 1 N–H and O–H groups in total. The molecule has 2 aromatic carbocycles. The lowest BCUT2D eigenvalue weighted by molar-refractivity contribution is -0.120. The van der Waals surface area contributed by atoms with Gasteiger partial charge in [-0.1, -0.05) is 12.1 Å². The van der Waals surface area contributed by atoms with Crippen LogP contribution in [0.4, 0.5) is 17.1 Å². The van der Waals surface area contributed by atoms with Crippen molar-refractivity contribution >= 4 is 45.8 Å². The van der Waals surface area contributed by atoms with E-state index in [-0.39, 0.29) is 11.6 Å². The third kappa shape index (κ3) is 3.92. The number of rotatable bonds is 7. The molecule has 7 nitrogen and oxygen atoms in total. The number of nitrogens with zero attached hydrogens (tertiary/aromatic N) is 2. The molecule has 0 spiro atoms. The van der Waals surface area contributed by atoms with Gasteiger partial charge >= 0.3 is 0 Å². The van der Waals surface area contributed by atoms with Gasteiger partial charge in [0.25, 0.3) is 11.8 Å². The van der Waals surface area contributed by atoms with E-state index in [9.17, 15) is 9.59 Å². The highest BCUT2D eigenvalue weighted by atomic mass is 32.1. The van der Waals surface area contributed by atoms with Crippen molar-refractivity contribution in [2.45, 2.75) is 0 Å². The first kappa shape index (κ1) is 21.5. The zero-order valence-electron chi connectivity index (χ0n) is 18.2. The van der Waals surface area contributed by atoms with Crippen LogP contribution < -0.4 is 24.6 Å². The molecule has 2 heterocycles. The number of carbonyl (C=O) groups is 2. The molecule has 0 radical (unpaired) electrons. The van der Waals surface area contributed by atoms with Gasteiger partial charge in [0.05, 0.1) is 25.5 Å². The molecular formula is C24H23N3O4S. The molecule has 0 saturated heterocycles. The van der Waals surface area contributed by atoms with Crippen LogP contribution in [0.15, 0.2) is 65.7 Å². The van der Waals surface area contributed by atoms with Crippen LogP contribution in [0.2, 0.25) is 0 Å². The fourth-order valence-corrected chi connectivity index (χ4v) is 4.23. The van der Waals surface area contributed by atoms with Crippen LogP contribution in [0.3, 0.4) is 0 Å². The number of carbonyl (C=O) groups excluding carboxylic acids is 2. The maximum Gasteiger partial charge on any atom is 0.282 e. The number of hydrogen-bond acceptors (Lipinski definition) is 7. The van der Waals surface area contributed by atoms with Gasteiger partial charge in [0.2, 0.25) is 0 Å². The minimum absolute atomic E-state index is 0.211. The van der Waals surface area contributed by atoms with E-state index >= 15 is 0 Å². The average Bonchev–Trinajstić information content (AvgIpc) is 3.40. The zero-order valence-corrected chi connectivity index (χ0v) is 19.0. The van der Waals surface area contributed by atoms with Crippen LogP contribution in [-0.2, 0) is 9.59 Å². The fourth-order valence-electron chi connectivity index (χ4n) is 3.46. The predicted molar refractivity (Wildman–Crippen MR) is 128 cm³/mol. The minimum atomic E-state index is -0.420. The molecule has 0 atom stereocenters. The Bertz CT molecular complexity index is 1180. The van der Waals surface area contributed by atoms with Gasteiger partial charge in [-0.2, -0.15) is 0 Å². The van der Waals surface area contributed by atoms with E-state index in [0.29, 0.717) is 33.3 Å². The molecule has 3 aromatic rings. The van der Waals surface area contributed by atoms with E-state index < -0.39 is 5.91 Å². The third-order valence-electron chi connectivity index (χ3n) is 5.08. The molecule has 32 heavy (non-hydrogen) atoms. The van der Waals surface area contributed by atoms with Crippen molar-refractivity contribution in [1.82, 2.24) is 0 Å². The first-order chi connectivity index (χ1) is 15.4. The molecule has 0 fully saturated rings. The van der Waals surface area contributed by atoms with Crippen LogP contribution in [0.25, 0.3) is 5.57 Å². The molecule has 1 aliphatic rings. The van der Waals surface area contributed by atoms with E-state index in [2.05, 4.69) is 5.32 Å². The molecule has 4 rings (SSSR count). The Balaban J connectivity index is 1.79. The van der Waals surface area contributed by atoms with Gasteiger partial charge in [-0.3, -0.25) is 9.59 Å². The number of imide groups is 1. The second-order valence-corrected chi connectivity index (χ2v) is 8.26. The fraction of sp³-hybridized carbons (Fsp3) is 0.167. The second-order valence-electron chi connectivity index (χ2n) is 7.31. The van der Waals surface area contributed by atoms with Gasteiger partial charge in [-0.25, -0.2) is 4.90 Å². The maximum absolute atomic E-state index is 13.5. The summed E-state index contributed by atoms with van der Waals surface area (Å²) in [6.45, 7) is 0. The van der Waals surface area contributed by atoms with E-state index in [1.807, 2.05) is 54.7 Å². The lowest BCUT2D eigenvalue weighted by atomic mass is 10.1. The minimum Gasteiger partial charge on any atom is -0.497 e. The standard InChI is InChI=1S/C24H23N3O4S/c1-26(2)16-7-5-8-17(13-16)27-23(28)21(20-9-6-10-32-20)22(24(27)29)25-15-11-18(30-3)14-19(12-15)31-4/h5-14,25H,1-4H3. The van der Waals surface area contributed by atoms with Crippen molar-refractivity contribution in [3.8, 4) is 11.5 Å². The summed E-state index contributed by atoms with van der Waals surface area (Å²) in [4.78, 5) is 30.9. The summed E-state index contributed by atoms with van der Waals surface area (Å²) < 4.78 is 10.7. The van der Waals surface area contributed by atoms with Crippen molar-refractivity contribution in [3.05, 3.63) is 70.6 Å². The summed E-state index contributed by atoms with van der Waals surface area (Å²) in [6, 6.07) is 16.2.